The van der Waals surface area contributed by atoms with Gasteiger partial charge in [0.1, 0.15) is 6.10 Å². The van der Waals surface area contributed by atoms with Crippen LogP contribution in [0.25, 0.3) is 0 Å². The lowest BCUT2D eigenvalue weighted by molar-refractivity contribution is -0.272. The number of carboxylic acid groups (broad SMARTS) is 1. The number of carboxylic acids is 1. The molecule has 1 aliphatic rings. The van der Waals surface area contributed by atoms with E-state index < -0.39 is 70.4 Å². The molecule has 0 unspecified atom stereocenters. The first kappa shape index (κ1) is 26.9. The van der Waals surface area contributed by atoms with E-state index in [-0.39, 0.29) is 16.8 Å². The number of aromatic carboxylic acids is 1. The van der Waals surface area contributed by atoms with Gasteiger partial charge in [-0.1, -0.05) is 13.0 Å². The molecule has 13 heteroatoms. The van der Waals surface area contributed by atoms with Crippen molar-refractivity contribution in [1.82, 2.24) is 0 Å². The highest BCUT2D eigenvalue weighted by Crippen LogP contribution is 2.55. The summed E-state index contributed by atoms with van der Waals surface area (Å²) in [4.78, 5) is 36.1. The Morgan fingerprint density at radius 3 is 2.31 bits per heavy atom. The molecule has 2 aromatic carbocycles. The van der Waals surface area contributed by atoms with Crippen molar-refractivity contribution >= 4 is 23.5 Å². The zero-order valence-electron chi connectivity index (χ0n) is 19.1. The largest absolute Gasteiger partial charge is 0.493 e. The van der Waals surface area contributed by atoms with E-state index in [4.69, 9.17) is 15.2 Å². The van der Waals surface area contributed by atoms with Crippen LogP contribution in [0.5, 0.6) is 5.75 Å². The summed E-state index contributed by atoms with van der Waals surface area (Å²) in [6, 6.07) is 4.75. The van der Waals surface area contributed by atoms with E-state index in [1.807, 2.05) is 0 Å². The molecule has 4 N–H and O–H groups in total. The number of nitrogens with two attached hydrogens (primary N) is 1. The Bertz CT molecular complexity index is 1230. The van der Waals surface area contributed by atoms with Gasteiger partial charge in [0, 0.05) is 23.1 Å². The fraction of sp³-hybridized carbons (Fsp3) is 0.348. The lowest BCUT2D eigenvalue weighted by Crippen LogP contribution is -2.47. The maximum absolute atomic E-state index is 14.4. The number of hydrogen-bond donors (Lipinski definition) is 3. The summed E-state index contributed by atoms with van der Waals surface area (Å²) in [5.74, 6) is -10.1. The quantitative estimate of drug-likeness (QED) is 0.501. The number of nitrogens with one attached hydrogen (secondary N) is 1. The highest BCUT2D eigenvalue weighted by molar-refractivity contribution is 6.05. The molecule has 2 amide bonds. The average molecular weight is 516 g/mol. The molecular formula is C23H21F5N2O6. The van der Waals surface area contributed by atoms with Crippen LogP contribution < -0.4 is 15.8 Å². The Morgan fingerprint density at radius 2 is 1.78 bits per heavy atom. The number of benzene rings is 2. The Balaban J connectivity index is 2.09. The van der Waals surface area contributed by atoms with Crippen LogP contribution in [-0.2, 0) is 9.53 Å². The molecule has 1 fully saturated rings. The number of primary amides is 1. The molecule has 2 aromatic rings. The molecule has 0 radical (unpaired) electrons. The second kappa shape index (κ2) is 9.37. The predicted octanol–water partition coefficient (Wildman–Crippen LogP) is 3.85. The Hall–Kier alpha value is -3.74. The second-order valence-electron chi connectivity index (χ2n) is 8.36. The molecular weight excluding hydrogens is 495 g/mol. The van der Waals surface area contributed by atoms with Gasteiger partial charge in [-0.15, -0.1) is 0 Å². The van der Waals surface area contributed by atoms with Crippen LogP contribution in [0.1, 0.15) is 46.0 Å². The molecule has 0 aliphatic carbocycles. The molecule has 0 saturated carbocycles. The van der Waals surface area contributed by atoms with Crippen molar-refractivity contribution in [3.63, 3.8) is 0 Å². The van der Waals surface area contributed by atoms with Gasteiger partial charge < -0.3 is 25.6 Å². The molecule has 194 valence electrons. The third kappa shape index (κ3) is 4.45. The maximum atomic E-state index is 14.4. The monoisotopic (exact) mass is 516 g/mol. The minimum absolute atomic E-state index is 0.185. The third-order valence-corrected chi connectivity index (χ3v) is 6.35. The van der Waals surface area contributed by atoms with E-state index in [1.165, 1.54) is 0 Å². The molecule has 0 bridgehead atoms. The maximum Gasteiger partial charge on any atom is 0.417 e. The van der Waals surface area contributed by atoms with Crippen LogP contribution in [0, 0.1) is 17.6 Å². The molecule has 1 saturated heterocycles. The van der Waals surface area contributed by atoms with Gasteiger partial charge in [0.25, 0.3) is 5.91 Å². The molecule has 8 nitrogen and oxygen atoms in total. The fourth-order valence-corrected chi connectivity index (χ4v) is 4.27. The van der Waals surface area contributed by atoms with Crippen LogP contribution in [0.15, 0.2) is 30.3 Å². The molecule has 36 heavy (non-hydrogen) atoms. The van der Waals surface area contributed by atoms with Crippen molar-refractivity contribution in [3.8, 4) is 5.75 Å². The van der Waals surface area contributed by atoms with Crippen LogP contribution >= 0.6 is 0 Å². The second-order valence-corrected chi connectivity index (χ2v) is 8.36. The Morgan fingerprint density at radius 1 is 1.14 bits per heavy atom. The molecule has 0 aromatic heterocycles. The molecule has 3 rings (SSSR count). The topological polar surface area (TPSA) is 128 Å². The smallest absolute Gasteiger partial charge is 0.417 e. The minimum Gasteiger partial charge on any atom is -0.493 e. The number of hydrogen-bond acceptors (Lipinski definition) is 5. The molecule has 0 spiro atoms. The number of ether oxygens (including phenoxy) is 2. The highest BCUT2D eigenvalue weighted by atomic mass is 19.4. The normalized spacial score (nSPS) is 23.8. The van der Waals surface area contributed by atoms with Gasteiger partial charge in [0.2, 0.25) is 11.7 Å². The van der Waals surface area contributed by atoms with Gasteiger partial charge in [-0.05, 0) is 31.2 Å². The number of carbonyl (C=O) groups excluding carboxylic acids is 2. The fourth-order valence-electron chi connectivity index (χ4n) is 4.27. The van der Waals surface area contributed by atoms with E-state index in [0.29, 0.717) is 6.07 Å². The summed E-state index contributed by atoms with van der Waals surface area (Å²) in [5.41, 5.74) is 0.942. The number of anilines is 1. The molecule has 4 atom stereocenters. The summed E-state index contributed by atoms with van der Waals surface area (Å²) in [6.45, 7) is 1.88. The molecule has 1 aliphatic heterocycles. The number of alkyl halides is 3. The Labute approximate surface area is 201 Å². The standard InChI is InChI=1S/C23H21F5N2O6/c1-9-15(12-6-7-14(24)16(25)17(12)35-3)18(36-22(9,2)23(26,27)28)20(32)30-10-4-5-11(19(29)31)13(8-10)21(33)34/h4-9,15,18H,1-3H3,(H2,29,31)(H,30,32)(H,33,34)/t9-,15-,18+,22+/m0/s1. The van der Waals surface area contributed by atoms with Crippen LogP contribution in [-0.4, -0.2) is 47.9 Å². The van der Waals surface area contributed by atoms with Gasteiger partial charge in [-0.25, -0.2) is 9.18 Å². The van der Waals surface area contributed by atoms with Gasteiger partial charge >= 0.3 is 12.1 Å². The van der Waals surface area contributed by atoms with E-state index in [1.54, 1.807) is 0 Å². The zero-order chi connectivity index (χ0) is 27.2. The van der Waals surface area contributed by atoms with Gasteiger partial charge in [-0.3, -0.25) is 9.59 Å². The van der Waals surface area contributed by atoms with Crippen molar-refractivity contribution in [2.24, 2.45) is 11.7 Å². The molecule has 1 heterocycles. The first-order valence-electron chi connectivity index (χ1n) is 10.4. The average Bonchev–Trinajstić information content (AvgIpc) is 3.07. The summed E-state index contributed by atoms with van der Waals surface area (Å²) >= 11 is 0. The summed E-state index contributed by atoms with van der Waals surface area (Å²) < 4.78 is 80.3. The highest BCUT2D eigenvalue weighted by Gasteiger charge is 2.65. The lowest BCUT2D eigenvalue weighted by atomic mass is 9.77. The SMILES string of the molecule is COc1c([C@H]2[C@H](C(=O)Nc3ccc(C(N)=O)c(C(=O)O)c3)O[C@@](C)(C(F)(F)F)[C@H]2C)ccc(F)c1F. The minimum atomic E-state index is -4.95. The van der Waals surface area contributed by atoms with Crippen LogP contribution in [0.2, 0.25) is 0 Å². The van der Waals surface area contributed by atoms with E-state index in [2.05, 4.69) is 5.32 Å². The summed E-state index contributed by atoms with van der Waals surface area (Å²) in [5, 5.41) is 11.6. The van der Waals surface area contributed by atoms with Gasteiger partial charge in [0.15, 0.2) is 17.2 Å². The zero-order valence-corrected chi connectivity index (χ0v) is 19.1. The van der Waals surface area contributed by atoms with E-state index in [9.17, 15) is 41.4 Å². The first-order chi connectivity index (χ1) is 16.6. The van der Waals surface area contributed by atoms with Crippen LogP contribution in [0.4, 0.5) is 27.6 Å². The van der Waals surface area contributed by atoms with Crippen LogP contribution in [0.3, 0.4) is 0 Å². The third-order valence-electron chi connectivity index (χ3n) is 6.35. The number of carbonyl (C=O) groups is 3. The number of halogens is 5. The van der Waals surface area contributed by atoms with Crippen molar-refractivity contribution in [1.29, 1.82) is 0 Å². The summed E-state index contributed by atoms with van der Waals surface area (Å²) in [7, 11) is 0.994. The van der Waals surface area contributed by atoms with E-state index >= 15 is 0 Å². The lowest BCUT2D eigenvalue weighted by Gasteiger charge is -2.32. The van der Waals surface area contributed by atoms with Gasteiger partial charge in [-0.2, -0.15) is 17.6 Å². The Kier molecular flexibility index (Phi) is 6.99. The first-order valence-corrected chi connectivity index (χ1v) is 10.4. The van der Waals surface area contributed by atoms with Crippen molar-refractivity contribution < 1.29 is 50.9 Å². The number of rotatable bonds is 6. The predicted molar refractivity (Wildman–Crippen MR) is 115 cm³/mol. The summed E-state index contributed by atoms with van der Waals surface area (Å²) in [6.07, 6.45) is -6.83. The van der Waals surface area contributed by atoms with Crippen molar-refractivity contribution in [3.05, 3.63) is 58.7 Å². The van der Waals surface area contributed by atoms with Gasteiger partial charge in [0.05, 0.1) is 18.2 Å². The number of methoxy groups -OCH3 is 1. The van der Waals surface area contributed by atoms with Crippen molar-refractivity contribution in [2.75, 3.05) is 12.4 Å². The van der Waals surface area contributed by atoms with E-state index in [0.717, 1.165) is 45.2 Å². The number of amides is 2. The van der Waals surface area contributed by atoms with Crippen molar-refractivity contribution in [2.45, 2.75) is 37.6 Å².